The molecular weight excluding hydrogens is 196 g/mol. The Bertz CT molecular complexity index is 398. The van der Waals surface area contributed by atoms with Crippen molar-refractivity contribution in [2.45, 2.75) is 19.9 Å². The molecule has 1 rings (SSSR count). The molecule has 0 unspecified atom stereocenters. The van der Waals surface area contributed by atoms with E-state index in [1.165, 1.54) is 22.9 Å². The molecule has 0 aliphatic rings. The van der Waals surface area contributed by atoms with E-state index in [0.717, 1.165) is 6.42 Å². The first-order valence-corrected chi connectivity index (χ1v) is 4.80. The summed E-state index contributed by atoms with van der Waals surface area (Å²) in [7, 11) is 0. The fourth-order valence-corrected chi connectivity index (χ4v) is 1.12. The Morgan fingerprint density at radius 1 is 1.60 bits per heavy atom. The molecule has 0 saturated heterocycles. The first kappa shape index (κ1) is 11.3. The van der Waals surface area contributed by atoms with Crippen molar-refractivity contribution < 1.29 is 9.90 Å². The number of carbonyl (C=O) groups is 1. The third-order valence-electron chi connectivity index (χ3n) is 1.89. The van der Waals surface area contributed by atoms with Gasteiger partial charge in [-0.15, -0.1) is 0 Å². The molecule has 0 radical (unpaired) electrons. The maximum atomic E-state index is 11.3. The molecule has 0 aliphatic carbocycles. The van der Waals surface area contributed by atoms with E-state index in [1.807, 2.05) is 6.92 Å². The number of nitrogens with one attached hydrogen (secondary N) is 1. The van der Waals surface area contributed by atoms with Gasteiger partial charge in [0.25, 0.3) is 5.56 Å². The van der Waals surface area contributed by atoms with Crippen LogP contribution in [0.2, 0.25) is 0 Å². The smallest absolute Gasteiger partial charge is 0.293 e. The van der Waals surface area contributed by atoms with Gasteiger partial charge in [0, 0.05) is 12.7 Å². The Labute approximate surface area is 87.4 Å². The number of carbonyl (C=O) groups excluding carboxylic acids is 1. The first-order chi connectivity index (χ1) is 7.15. The molecule has 0 atom stereocenters. The molecule has 0 bridgehead atoms. The van der Waals surface area contributed by atoms with Crippen molar-refractivity contribution in [1.82, 2.24) is 9.88 Å². The fourth-order valence-electron chi connectivity index (χ4n) is 1.12. The van der Waals surface area contributed by atoms with Gasteiger partial charge in [-0.2, -0.15) is 0 Å². The topological polar surface area (TPSA) is 71.3 Å². The minimum atomic E-state index is -0.552. The van der Waals surface area contributed by atoms with E-state index in [4.69, 9.17) is 5.11 Å². The molecule has 15 heavy (non-hydrogen) atoms. The van der Waals surface area contributed by atoms with Gasteiger partial charge >= 0.3 is 0 Å². The standard InChI is InChI=1S/C10H14N2O3/c1-2-5-11-9(14)7-12-6-3-4-8(13)10(12)15/h3-4,6,13H,2,5,7H2,1H3,(H,11,14). The summed E-state index contributed by atoms with van der Waals surface area (Å²) in [6.45, 7) is 2.47. The van der Waals surface area contributed by atoms with Crippen LogP contribution >= 0.6 is 0 Å². The number of amides is 1. The first-order valence-electron chi connectivity index (χ1n) is 4.80. The van der Waals surface area contributed by atoms with E-state index in [1.54, 1.807) is 0 Å². The number of rotatable bonds is 4. The highest BCUT2D eigenvalue weighted by molar-refractivity contribution is 5.75. The van der Waals surface area contributed by atoms with Gasteiger partial charge in [-0.25, -0.2) is 0 Å². The highest BCUT2D eigenvalue weighted by Gasteiger charge is 2.05. The zero-order chi connectivity index (χ0) is 11.3. The number of aromatic nitrogens is 1. The van der Waals surface area contributed by atoms with Crippen LogP contribution in [0.4, 0.5) is 0 Å². The summed E-state index contributed by atoms with van der Waals surface area (Å²) in [4.78, 5) is 22.6. The van der Waals surface area contributed by atoms with Crippen LogP contribution in [0.5, 0.6) is 5.75 Å². The van der Waals surface area contributed by atoms with Crippen LogP contribution in [0.25, 0.3) is 0 Å². The average molecular weight is 210 g/mol. The Balaban J connectivity index is 2.69. The number of hydrogen-bond acceptors (Lipinski definition) is 3. The largest absolute Gasteiger partial charge is 0.503 e. The van der Waals surface area contributed by atoms with Crippen LogP contribution in [-0.2, 0) is 11.3 Å². The summed E-state index contributed by atoms with van der Waals surface area (Å²) in [5, 5.41) is 11.8. The molecule has 1 amide bonds. The highest BCUT2D eigenvalue weighted by Crippen LogP contribution is 1.97. The quantitative estimate of drug-likeness (QED) is 0.739. The molecule has 1 aromatic rings. The third kappa shape index (κ3) is 3.12. The van der Waals surface area contributed by atoms with Crippen LogP contribution < -0.4 is 10.9 Å². The molecular formula is C10H14N2O3. The lowest BCUT2D eigenvalue weighted by Gasteiger charge is -2.06. The maximum absolute atomic E-state index is 11.3. The van der Waals surface area contributed by atoms with Gasteiger partial charge in [0.15, 0.2) is 5.75 Å². The second kappa shape index (κ2) is 5.19. The summed E-state index contributed by atoms with van der Waals surface area (Å²) in [5.74, 6) is -0.578. The lowest BCUT2D eigenvalue weighted by atomic mass is 10.4. The summed E-state index contributed by atoms with van der Waals surface area (Å²) < 4.78 is 1.17. The third-order valence-corrected chi connectivity index (χ3v) is 1.89. The monoisotopic (exact) mass is 210 g/mol. The van der Waals surface area contributed by atoms with Crippen molar-refractivity contribution in [2.24, 2.45) is 0 Å². The summed E-state index contributed by atoms with van der Waals surface area (Å²) in [6, 6.07) is 2.81. The SMILES string of the molecule is CCCNC(=O)Cn1cccc(O)c1=O. The van der Waals surface area contributed by atoms with Gasteiger partial charge < -0.3 is 15.0 Å². The number of nitrogens with zero attached hydrogens (tertiary/aromatic N) is 1. The van der Waals surface area contributed by atoms with Crippen molar-refractivity contribution in [1.29, 1.82) is 0 Å². The summed E-state index contributed by atoms with van der Waals surface area (Å²) in [5.41, 5.74) is -0.552. The zero-order valence-corrected chi connectivity index (χ0v) is 8.56. The Morgan fingerprint density at radius 3 is 3.00 bits per heavy atom. The van der Waals surface area contributed by atoms with E-state index < -0.39 is 5.56 Å². The number of hydrogen-bond donors (Lipinski definition) is 2. The molecule has 0 saturated carbocycles. The van der Waals surface area contributed by atoms with Gasteiger partial charge in [-0.1, -0.05) is 6.92 Å². The molecule has 2 N–H and O–H groups in total. The van der Waals surface area contributed by atoms with Crippen LogP contribution in [-0.4, -0.2) is 22.1 Å². The van der Waals surface area contributed by atoms with E-state index in [-0.39, 0.29) is 18.2 Å². The molecule has 82 valence electrons. The lowest BCUT2D eigenvalue weighted by Crippen LogP contribution is -2.32. The molecule has 1 heterocycles. The van der Waals surface area contributed by atoms with Crippen molar-refractivity contribution in [3.05, 3.63) is 28.7 Å². The van der Waals surface area contributed by atoms with Crippen molar-refractivity contribution in [3.8, 4) is 5.75 Å². The number of pyridine rings is 1. The van der Waals surface area contributed by atoms with E-state index in [9.17, 15) is 9.59 Å². The summed E-state index contributed by atoms with van der Waals surface area (Å²) >= 11 is 0. The van der Waals surface area contributed by atoms with Gasteiger partial charge in [-0.3, -0.25) is 9.59 Å². The van der Waals surface area contributed by atoms with Crippen LogP contribution in [0, 0.1) is 0 Å². The maximum Gasteiger partial charge on any atom is 0.293 e. The van der Waals surface area contributed by atoms with Gasteiger partial charge in [-0.05, 0) is 18.6 Å². The van der Waals surface area contributed by atoms with Crippen molar-refractivity contribution in [2.75, 3.05) is 6.54 Å². The Morgan fingerprint density at radius 2 is 2.33 bits per heavy atom. The van der Waals surface area contributed by atoms with E-state index in [0.29, 0.717) is 6.54 Å². The zero-order valence-electron chi connectivity index (χ0n) is 8.56. The van der Waals surface area contributed by atoms with Crippen LogP contribution in [0.3, 0.4) is 0 Å². The van der Waals surface area contributed by atoms with E-state index >= 15 is 0 Å². The predicted molar refractivity (Wildman–Crippen MR) is 55.7 cm³/mol. The molecule has 0 spiro atoms. The van der Waals surface area contributed by atoms with Crippen molar-refractivity contribution in [3.63, 3.8) is 0 Å². The van der Waals surface area contributed by atoms with Crippen LogP contribution in [0.1, 0.15) is 13.3 Å². The molecule has 5 heteroatoms. The molecule has 1 aromatic heterocycles. The second-order valence-corrected chi connectivity index (χ2v) is 3.18. The number of aromatic hydroxyl groups is 1. The molecule has 5 nitrogen and oxygen atoms in total. The molecule has 0 fully saturated rings. The molecule has 0 aliphatic heterocycles. The van der Waals surface area contributed by atoms with Crippen LogP contribution in [0.15, 0.2) is 23.1 Å². The fraction of sp³-hybridized carbons (Fsp3) is 0.400. The van der Waals surface area contributed by atoms with Crippen molar-refractivity contribution >= 4 is 5.91 Å². The van der Waals surface area contributed by atoms with Gasteiger partial charge in [0.1, 0.15) is 6.54 Å². The average Bonchev–Trinajstić information content (AvgIpc) is 2.22. The second-order valence-electron chi connectivity index (χ2n) is 3.18. The predicted octanol–water partition coefficient (Wildman–Crippen LogP) is 0.0801. The van der Waals surface area contributed by atoms with Gasteiger partial charge in [0.2, 0.25) is 5.91 Å². The highest BCUT2D eigenvalue weighted by atomic mass is 16.3. The summed E-state index contributed by atoms with van der Waals surface area (Å²) in [6.07, 6.45) is 2.31. The Kier molecular flexibility index (Phi) is 3.91. The van der Waals surface area contributed by atoms with E-state index in [2.05, 4.69) is 5.32 Å². The molecule has 0 aromatic carbocycles. The normalized spacial score (nSPS) is 9.93. The minimum Gasteiger partial charge on any atom is -0.503 e. The lowest BCUT2D eigenvalue weighted by molar-refractivity contribution is -0.121. The van der Waals surface area contributed by atoms with Gasteiger partial charge in [0.05, 0.1) is 0 Å². The minimum absolute atomic E-state index is 0.0623. The Hall–Kier alpha value is -1.78.